The van der Waals surface area contributed by atoms with Crippen LogP contribution in [0.1, 0.15) is 24.1 Å². The Morgan fingerprint density at radius 3 is 1.95 bits per heavy atom. The van der Waals surface area contributed by atoms with Gasteiger partial charge in [0, 0.05) is 12.6 Å². The second kappa shape index (κ2) is 7.93. The van der Waals surface area contributed by atoms with E-state index in [1.165, 1.54) is 5.56 Å². The molecule has 2 rings (SSSR count). The summed E-state index contributed by atoms with van der Waals surface area (Å²) in [6.45, 7) is 2.77. The number of hydrogen-bond acceptors (Lipinski definition) is 3. The molecule has 3 nitrogen and oxygen atoms in total. The molecule has 0 aliphatic rings. The quantitative estimate of drug-likeness (QED) is 0.822. The van der Waals surface area contributed by atoms with Crippen molar-refractivity contribution in [3.63, 3.8) is 0 Å². The van der Waals surface area contributed by atoms with Crippen LogP contribution in [0.25, 0.3) is 0 Å². The number of aliphatic hydroxyl groups excluding tert-OH is 2. The summed E-state index contributed by atoms with van der Waals surface area (Å²) in [5.41, 5.74) is 2.24. The van der Waals surface area contributed by atoms with E-state index >= 15 is 0 Å². The number of benzene rings is 2. The lowest BCUT2D eigenvalue weighted by Gasteiger charge is -2.35. The largest absolute Gasteiger partial charge is 0.395 e. The van der Waals surface area contributed by atoms with Crippen LogP contribution in [0.5, 0.6) is 0 Å². The minimum Gasteiger partial charge on any atom is -0.395 e. The molecule has 2 N–H and O–H groups in total. The third-order valence-electron chi connectivity index (χ3n) is 3.80. The van der Waals surface area contributed by atoms with Gasteiger partial charge in [-0.25, -0.2) is 0 Å². The zero-order valence-corrected chi connectivity index (χ0v) is 12.4. The van der Waals surface area contributed by atoms with Gasteiger partial charge in [-0.2, -0.15) is 0 Å². The van der Waals surface area contributed by atoms with Crippen LogP contribution in [0.4, 0.5) is 0 Å². The van der Waals surface area contributed by atoms with Crippen LogP contribution < -0.4 is 0 Å². The van der Waals surface area contributed by atoms with E-state index in [-0.39, 0.29) is 25.3 Å². The third kappa shape index (κ3) is 4.14. The highest BCUT2D eigenvalue weighted by Crippen LogP contribution is 2.24. The molecule has 0 aliphatic heterocycles. The molecule has 0 saturated carbocycles. The molecule has 0 heterocycles. The first-order valence-corrected chi connectivity index (χ1v) is 7.32. The molecule has 3 heteroatoms. The molecule has 2 atom stereocenters. The standard InChI is InChI=1S/C18H23NO2/c1-15(13-20)19(12-16-8-4-2-5-9-16)18(14-21)17-10-6-3-7-11-17/h2-11,15,18,20-21H,12-14H2,1H3/t15-,18+/m1/s1. The number of hydrogen-bond donors (Lipinski definition) is 2. The molecule has 2 aromatic rings. The fraction of sp³-hybridized carbons (Fsp3) is 0.333. The summed E-state index contributed by atoms with van der Waals surface area (Å²) in [4.78, 5) is 2.14. The number of rotatable bonds is 7. The van der Waals surface area contributed by atoms with Crippen molar-refractivity contribution in [2.75, 3.05) is 13.2 Å². The van der Waals surface area contributed by atoms with Crippen LogP contribution in [-0.4, -0.2) is 34.4 Å². The van der Waals surface area contributed by atoms with Crippen molar-refractivity contribution >= 4 is 0 Å². The van der Waals surface area contributed by atoms with E-state index in [0.29, 0.717) is 6.54 Å². The number of aliphatic hydroxyl groups is 2. The van der Waals surface area contributed by atoms with E-state index in [1.807, 2.05) is 55.5 Å². The maximum Gasteiger partial charge on any atom is 0.0628 e. The van der Waals surface area contributed by atoms with E-state index in [2.05, 4.69) is 17.0 Å². The Labute approximate surface area is 126 Å². The van der Waals surface area contributed by atoms with Gasteiger partial charge in [-0.05, 0) is 18.1 Å². The molecule has 0 aliphatic carbocycles. The molecule has 0 unspecified atom stereocenters. The summed E-state index contributed by atoms with van der Waals surface area (Å²) in [7, 11) is 0. The third-order valence-corrected chi connectivity index (χ3v) is 3.80. The first-order valence-electron chi connectivity index (χ1n) is 7.32. The van der Waals surface area contributed by atoms with E-state index in [4.69, 9.17) is 0 Å². The fourth-order valence-electron chi connectivity index (χ4n) is 2.55. The van der Waals surface area contributed by atoms with Gasteiger partial charge in [0.15, 0.2) is 0 Å². The van der Waals surface area contributed by atoms with Gasteiger partial charge in [0.1, 0.15) is 0 Å². The SMILES string of the molecule is C[C@H](CO)N(Cc1ccccc1)[C@@H](CO)c1ccccc1. The average Bonchev–Trinajstić information content (AvgIpc) is 2.56. The van der Waals surface area contributed by atoms with E-state index in [1.54, 1.807) is 0 Å². The van der Waals surface area contributed by atoms with Crippen LogP contribution in [0.2, 0.25) is 0 Å². The molecule has 0 fully saturated rings. The molecule has 0 spiro atoms. The second-order valence-corrected chi connectivity index (χ2v) is 5.30. The molecule has 112 valence electrons. The van der Waals surface area contributed by atoms with Gasteiger partial charge in [-0.1, -0.05) is 60.7 Å². The molecule has 0 aromatic heterocycles. The molecule has 0 bridgehead atoms. The maximum atomic E-state index is 9.85. The van der Waals surface area contributed by atoms with Crippen LogP contribution in [0, 0.1) is 0 Å². The smallest absolute Gasteiger partial charge is 0.0628 e. The van der Waals surface area contributed by atoms with Crippen LogP contribution in [0.15, 0.2) is 60.7 Å². The van der Waals surface area contributed by atoms with E-state index in [9.17, 15) is 10.2 Å². The number of nitrogens with zero attached hydrogens (tertiary/aromatic N) is 1. The molecule has 0 amide bonds. The molecular formula is C18H23NO2. The van der Waals surface area contributed by atoms with Crippen molar-refractivity contribution in [3.05, 3.63) is 71.8 Å². The van der Waals surface area contributed by atoms with Gasteiger partial charge in [0.05, 0.1) is 19.3 Å². The van der Waals surface area contributed by atoms with E-state index in [0.717, 1.165) is 5.56 Å². The van der Waals surface area contributed by atoms with Gasteiger partial charge in [-0.15, -0.1) is 0 Å². The Morgan fingerprint density at radius 2 is 1.43 bits per heavy atom. The van der Waals surface area contributed by atoms with E-state index < -0.39 is 0 Å². The van der Waals surface area contributed by atoms with Crippen LogP contribution >= 0.6 is 0 Å². The summed E-state index contributed by atoms with van der Waals surface area (Å²) in [5, 5.41) is 19.4. The van der Waals surface area contributed by atoms with Crippen molar-refractivity contribution in [2.45, 2.75) is 25.6 Å². The molecule has 0 radical (unpaired) electrons. The van der Waals surface area contributed by atoms with Crippen molar-refractivity contribution in [3.8, 4) is 0 Å². The lowest BCUT2D eigenvalue weighted by Crippen LogP contribution is -2.39. The average molecular weight is 285 g/mol. The van der Waals surface area contributed by atoms with Gasteiger partial charge in [0.2, 0.25) is 0 Å². The maximum absolute atomic E-state index is 9.85. The zero-order chi connectivity index (χ0) is 15.1. The van der Waals surface area contributed by atoms with Crippen LogP contribution in [0.3, 0.4) is 0 Å². The highest BCUT2D eigenvalue weighted by Gasteiger charge is 2.24. The highest BCUT2D eigenvalue weighted by atomic mass is 16.3. The Balaban J connectivity index is 2.26. The summed E-state index contributed by atoms with van der Waals surface area (Å²) in [6.07, 6.45) is 0. The van der Waals surface area contributed by atoms with Gasteiger partial charge in [-0.3, -0.25) is 4.90 Å². The monoisotopic (exact) mass is 285 g/mol. The lowest BCUT2D eigenvalue weighted by molar-refractivity contribution is 0.0526. The summed E-state index contributed by atoms with van der Waals surface area (Å²) < 4.78 is 0. The van der Waals surface area contributed by atoms with Gasteiger partial charge in [0.25, 0.3) is 0 Å². The molecule has 0 saturated heterocycles. The van der Waals surface area contributed by atoms with Crippen molar-refractivity contribution in [1.82, 2.24) is 4.90 Å². The summed E-state index contributed by atoms with van der Waals surface area (Å²) in [6, 6.07) is 19.9. The highest BCUT2D eigenvalue weighted by molar-refractivity contribution is 5.21. The predicted octanol–water partition coefficient (Wildman–Crippen LogP) is 2.60. The first kappa shape index (κ1) is 15.7. The van der Waals surface area contributed by atoms with Crippen molar-refractivity contribution < 1.29 is 10.2 Å². The Morgan fingerprint density at radius 1 is 0.857 bits per heavy atom. The Kier molecular flexibility index (Phi) is 5.93. The topological polar surface area (TPSA) is 43.7 Å². The minimum atomic E-state index is -0.117. The van der Waals surface area contributed by atoms with Crippen molar-refractivity contribution in [1.29, 1.82) is 0 Å². The second-order valence-electron chi connectivity index (χ2n) is 5.30. The summed E-state index contributed by atoms with van der Waals surface area (Å²) in [5.74, 6) is 0. The molecule has 2 aromatic carbocycles. The normalized spacial score (nSPS) is 14.1. The van der Waals surface area contributed by atoms with Gasteiger partial charge >= 0.3 is 0 Å². The van der Waals surface area contributed by atoms with Gasteiger partial charge < -0.3 is 10.2 Å². The van der Waals surface area contributed by atoms with Crippen molar-refractivity contribution in [2.24, 2.45) is 0 Å². The fourth-order valence-corrected chi connectivity index (χ4v) is 2.55. The van der Waals surface area contributed by atoms with Crippen LogP contribution in [-0.2, 0) is 6.54 Å². The zero-order valence-electron chi connectivity index (χ0n) is 12.4. The lowest BCUT2D eigenvalue weighted by atomic mass is 10.0. The first-order chi connectivity index (χ1) is 10.3. The predicted molar refractivity (Wildman–Crippen MR) is 84.8 cm³/mol. The molecular weight excluding hydrogens is 262 g/mol. The molecule has 21 heavy (non-hydrogen) atoms. The summed E-state index contributed by atoms with van der Waals surface area (Å²) >= 11 is 0. The Bertz CT molecular complexity index is 515. The minimum absolute atomic E-state index is 0.0254. The Hall–Kier alpha value is -1.68.